The lowest BCUT2D eigenvalue weighted by Crippen LogP contribution is -2.13. The molecule has 0 fully saturated rings. The van der Waals surface area contributed by atoms with Crippen molar-refractivity contribution < 1.29 is 9.53 Å². The molecule has 14 heavy (non-hydrogen) atoms. The lowest BCUT2D eigenvalue weighted by molar-refractivity contribution is -0.143. The summed E-state index contributed by atoms with van der Waals surface area (Å²) in [7, 11) is 1.40. The number of methoxy groups -OCH3 is 1. The van der Waals surface area contributed by atoms with E-state index in [1.54, 1.807) is 0 Å². The topological polar surface area (TPSA) is 26.3 Å². The molecule has 74 valence electrons. The van der Waals surface area contributed by atoms with Crippen LogP contribution in [0.25, 0.3) is 0 Å². The van der Waals surface area contributed by atoms with E-state index in [1.165, 1.54) is 12.7 Å². The third-order valence-electron chi connectivity index (χ3n) is 2.09. The number of hydrogen-bond acceptors (Lipinski definition) is 2. The molecule has 1 atom stereocenters. The highest BCUT2D eigenvalue weighted by atomic mass is 16.5. The molecule has 0 radical (unpaired) electrons. The molecule has 0 unspecified atom stereocenters. The second kappa shape index (κ2) is 4.70. The number of hydrogen-bond donors (Lipinski definition) is 0. The molecule has 0 amide bonds. The largest absolute Gasteiger partial charge is 0.468 e. The van der Waals surface area contributed by atoms with E-state index in [4.69, 9.17) is 0 Å². The van der Waals surface area contributed by atoms with Gasteiger partial charge < -0.3 is 4.74 Å². The van der Waals surface area contributed by atoms with Crippen molar-refractivity contribution in [3.8, 4) is 0 Å². The number of aryl methyl sites for hydroxylation is 1. The predicted molar refractivity (Wildman–Crippen MR) is 55.8 cm³/mol. The minimum absolute atomic E-state index is 0.192. The highest BCUT2D eigenvalue weighted by Gasteiger charge is 2.18. The second-order valence-corrected chi connectivity index (χ2v) is 3.39. The summed E-state index contributed by atoms with van der Waals surface area (Å²) >= 11 is 0. The zero-order valence-electron chi connectivity index (χ0n) is 8.78. The van der Waals surface area contributed by atoms with Gasteiger partial charge in [-0.15, -0.1) is 0 Å². The highest BCUT2D eigenvalue weighted by Crippen LogP contribution is 2.12. The van der Waals surface area contributed by atoms with Crippen molar-refractivity contribution in [3.63, 3.8) is 0 Å². The van der Waals surface area contributed by atoms with Crippen molar-refractivity contribution in [2.24, 2.45) is 5.92 Å². The fraction of sp³-hybridized carbons (Fsp3) is 0.333. The molecule has 0 N–H and O–H groups in total. The first kappa shape index (κ1) is 10.6. The van der Waals surface area contributed by atoms with Crippen molar-refractivity contribution >= 4 is 5.97 Å². The Balaban J connectivity index is 2.60. The van der Waals surface area contributed by atoms with Crippen LogP contribution < -0.4 is 0 Å². The molecule has 1 rings (SSSR count). The molecule has 0 aliphatic carbocycles. The first-order valence-electron chi connectivity index (χ1n) is 4.63. The molecule has 0 saturated carbocycles. The van der Waals surface area contributed by atoms with Gasteiger partial charge in [0.1, 0.15) is 11.5 Å². The number of ether oxygens (including phenoxy) is 1. The molecule has 2 nitrogen and oxygen atoms in total. The molecule has 0 heterocycles. The van der Waals surface area contributed by atoms with Crippen LogP contribution in [0.5, 0.6) is 0 Å². The van der Waals surface area contributed by atoms with Crippen LogP contribution in [0.1, 0.15) is 18.1 Å². The van der Waals surface area contributed by atoms with Gasteiger partial charge in [0.05, 0.1) is 7.11 Å². The van der Waals surface area contributed by atoms with E-state index in [2.05, 4.69) is 4.74 Å². The predicted octanol–water partition coefficient (Wildman–Crippen LogP) is 2.36. The van der Waals surface area contributed by atoms with Crippen molar-refractivity contribution in [2.45, 2.75) is 13.8 Å². The number of esters is 1. The van der Waals surface area contributed by atoms with Gasteiger partial charge in [-0.05, 0) is 31.5 Å². The fourth-order valence-electron chi connectivity index (χ4n) is 1.22. The maximum absolute atomic E-state index is 11.1. The Morgan fingerprint density at radius 2 is 1.93 bits per heavy atom. The van der Waals surface area contributed by atoms with Crippen LogP contribution in [0, 0.1) is 19.3 Å². The van der Waals surface area contributed by atoms with Crippen LogP contribution in [0.15, 0.2) is 24.3 Å². The quantitative estimate of drug-likeness (QED) is 0.541. The minimum atomic E-state index is -0.203. The van der Waals surface area contributed by atoms with E-state index in [-0.39, 0.29) is 11.9 Å². The Labute approximate surface area is 84.9 Å². The van der Waals surface area contributed by atoms with Crippen LogP contribution >= 0.6 is 0 Å². The van der Waals surface area contributed by atoms with Gasteiger partial charge in [0.15, 0.2) is 0 Å². The SMILES string of the molecule is COC(=O)[C@H](C)[CH+]c1ccc(C)cc1. The summed E-state index contributed by atoms with van der Waals surface area (Å²) in [6.07, 6.45) is 1.89. The van der Waals surface area contributed by atoms with Crippen LogP contribution in [0.4, 0.5) is 0 Å². The number of carbonyl (C=O) groups is 1. The van der Waals surface area contributed by atoms with Gasteiger partial charge >= 0.3 is 5.97 Å². The first-order chi connectivity index (χ1) is 6.63. The minimum Gasteiger partial charge on any atom is -0.468 e. The third-order valence-corrected chi connectivity index (χ3v) is 2.09. The van der Waals surface area contributed by atoms with E-state index in [1.807, 2.05) is 44.5 Å². The van der Waals surface area contributed by atoms with E-state index < -0.39 is 0 Å². The molecular weight excluding hydrogens is 176 g/mol. The van der Waals surface area contributed by atoms with Gasteiger partial charge in [0, 0.05) is 18.6 Å². The maximum Gasteiger partial charge on any atom is 0.325 e. The normalized spacial score (nSPS) is 11.9. The second-order valence-electron chi connectivity index (χ2n) is 3.39. The lowest BCUT2D eigenvalue weighted by Gasteiger charge is -2.03. The molecule has 0 aromatic heterocycles. The van der Waals surface area contributed by atoms with E-state index in [0.717, 1.165) is 5.56 Å². The molecule has 1 aromatic carbocycles. The molecule has 0 spiro atoms. The van der Waals surface area contributed by atoms with Crippen LogP contribution in [0.2, 0.25) is 0 Å². The Morgan fingerprint density at radius 1 is 1.36 bits per heavy atom. The smallest absolute Gasteiger partial charge is 0.325 e. The van der Waals surface area contributed by atoms with Crippen molar-refractivity contribution in [1.29, 1.82) is 0 Å². The van der Waals surface area contributed by atoms with Gasteiger partial charge in [0.2, 0.25) is 0 Å². The summed E-state index contributed by atoms with van der Waals surface area (Å²) in [6.45, 7) is 3.86. The van der Waals surface area contributed by atoms with Crippen molar-refractivity contribution in [2.75, 3.05) is 7.11 Å². The Kier molecular flexibility index (Phi) is 3.57. The van der Waals surface area contributed by atoms with Gasteiger partial charge in [-0.2, -0.15) is 0 Å². The molecule has 0 aliphatic heterocycles. The zero-order valence-corrected chi connectivity index (χ0v) is 8.78. The zero-order chi connectivity index (χ0) is 10.6. The highest BCUT2D eigenvalue weighted by molar-refractivity contribution is 5.74. The van der Waals surface area contributed by atoms with Gasteiger partial charge in [-0.1, -0.05) is 0 Å². The molecule has 2 heteroatoms. The molecule has 0 saturated heterocycles. The van der Waals surface area contributed by atoms with Gasteiger partial charge in [-0.3, -0.25) is 4.79 Å². The number of benzene rings is 1. The van der Waals surface area contributed by atoms with Crippen LogP contribution in [-0.2, 0) is 9.53 Å². The monoisotopic (exact) mass is 191 g/mol. The third kappa shape index (κ3) is 2.80. The lowest BCUT2D eigenvalue weighted by atomic mass is 10.0. The summed E-state index contributed by atoms with van der Waals surface area (Å²) < 4.78 is 4.64. The van der Waals surface area contributed by atoms with Crippen LogP contribution in [-0.4, -0.2) is 13.1 Å². The number of rotatable bonds is 3. The summed E-state index contributed by atoms with van der Waals surface area (Å²) in [6, 6.07) is 8.04. The average Bonchev–Trinajstić information content (AvgIpc) is 2.20. The summed E-state index contributed by atoms with van der Waals surface area (Å²) in [5.41, 5.74) is 2.27. The molecule has 0 aliphatic rings. The molecule has 1 aromatic rings. The first-order valence-corrected chi connectivity index (χ1v) is 4.63. The Hall–Kier alpha value is -1.44. The van der Waals surface area contributed by atoms with E-state index >= 15 is 0 Å². The van der Waals surface area contributed by atoms with Crippen LogP contribution in [0.3, 0.4) is 0 Å². The summed E-state index contributed by atoms with van der Waals surface area (Å²) in [4.78, 5) is 11.1. The number of carbonyl (C=O) groups excluding carboxylic acids is 1. The standard InChI is InChI=1S/C12H15O2/c1-9-4-6-11(7-5-9)8-10(2)12(13)14-3/h4-8,10H,1-3H3/q+1/t10-/m1/s1. The Bertz CT molecular complexity index is 301. The molecular formula is C12H15O2+. The van der Waals surface area contributed by atoms with Crippen molar-refractivity contribution in [1.82, 2.24) is 0 Å². The maximum atomic E-state index is 11.1. The molecule has 0 bridgehead atoms. The summed E-state index contributed by atoms with van der Waals surface area (Å²) in [5, 5.41) is 0. The van der Waals surface area contributed by atoms with Gasteiger partial charge in [0.25, 0.3) is 0 Å². The average molecular weight is 191 g/mol. The van der Waals surface area contributed by atoms with Crippen molar-refractivity contribution in [3.05, 3.63) is 41.8 Å². The summed E-state index contributed by atoms with van der Waals surface area (Å²) in [5.74, 6) is -0.395. The van der Waals surface area contributed by atoms with E-state index in [9.17, 15) is 4.79 Å². The van der Waals surface area contributed by atoms with Gasteiger partial charge in [-0.25, -0.2) is 0 Å². The fourth-order valence-corrected chi connectivity index (χ4v) is 1.22. The Morgan fingerprint density at radius 3 is 2.43 bits per heavy atom. The van der Waals surface area contributed by atoms with E-state index in [0.29, 0.717) is 0 Å².